The molecule has 0 unspecified atom stereocenters. The van der Waals surface area contributed by atoms with Gasteiger partial charge in [0.15, 0.2) is 0 Å². The third kappa shape index (κ3) is 6.14. The quantitative estimate of drug-likeness (QED) is 0.723. The number of benzene rings is 1. The first-order chi connectivity index (χ1) is 9.93. The van der Waals surface area contributed by atoms with Crippen LogP contribution in [0, 0.1) is 5.92 Å². The lowest BCUT2D eigenvalue weighted by Gasteiger charge is -2.10. The van der Waals surface area contributed by atoms with Crippen molar-refractivity contribution in [3.63, 3.8) is 0 Å². The monoisotopic (exact) mass is 311 g/mol. The van der Waals surface area contributed by atoms with Crippen molar-refractivity contribution in [3.8, 4) is 0 Å². The van der Waals surface area contributed by atoms with E-state index in [4.69, 9.17) is 17.3 Å². The van der Waals surface area contributed by atoms with Crippen LogP contribution in [-0.2, 0) is 4.79 Å². The molecule has 0 aliphatic rings. The molecule has 0 fully saturated rings. The fourth-order valence-electron chi connectivity index (χ4n) is 1.66. The minimum atomic E-state index is -0.213. The van der Waals surface area contributed by atoms with Gasteiger partial charge >= 0.3 is 0 Å². The van der Waals surface area contributed by atoms with E-state index in [0.29, 0.717) is 48.1 Å². The zero-order valence-corrected chi connectivity index (χ0v) is 13.2. The number of nitrogens with one attached hydrogen (secondary N) is 2. The van der Waals surface area contributed by atoms with Gasteiger partial charge in [0.2, 0.25) is 5.91 Å². The number of hydrogen-bond donors (Lipinski definition) is 3. The van der Waals surface area contributed by atoms with E-state index in [1.807, 2.05) is 13.8 Å². The van der Waals surface area contributed by atoms with Crippen molar-refractivity contribution in [1.29, 1.82) is 0 Å². The van der Waals surface area contributed by atoms with Crippen LogP contribution in [0.3, 0.4) is 0 Å². The van der Waals surface area contributed by atoms with Crippen LogP contribution < -0.4 is 16.4 Å². The van der Waals surface area contributed by atoms with Crippen LogP contribution in [0.1, 0.15) is 37.0 Å². The molecule has 1 aromatic rings. The molecule has 1 rings (SSSR count). The number of anilines is 1. The van der Waals surface area contributed by atoms with Gasteiger partial charge in [0.1, 0.15) is 0 Å². The summed E-state index contributed by atoms with van der Waals surface area (Å²) in [6.45, 7) is 5.10. The van der Waals surface area contributed by atoms with Crippen molar-refractivity contribution < 1.29 is 9.59 Å². The van der Waals surface area contributed by atoms with E-state index < -0.39 is 0 Å². The largest absolute Gasteiger partial charge is 0.352 e. The van der Waals surface area contributed by atoms with Gasteiger partial charge in [-0.15, -0.1) is 0 Å². The number of halogens is 1. The maximum absolute atomic E-state index is 11.9. The van der Waals surface area contributed by atoms with E-state index in [9.17, 15) is 9.59 Å². The maximum Gasteiger partial charge on any atom is 0.252 e. The van der Waals surface area contributed by atoms with Gasteiger partial charge < -0.3 is 16.4 Å². The van der Waals surface area contributed by atoms with Crippen LogP contribution >= 0.6 is 11.6 Å². The highest BCUT2D eigenvalue weighted by molar-refractivity contribution is 6.34. The Hall–Kier alpha value is -1.59. The summed E-state index contributed by atoms with van der Waals surface area (Å²) in [4.78, 5) is 23.5. The number of nitrogens with two attached hydrogens (primary N) is 1. The number of amides is 2. The van der Waals surface area contributed by atoms with Crippen molar-refractivity contribution in [2.45, 2.75) is 26.7 Å². The van der Waals surface area contributed by atoms with Gasteiger partial charge in [0, 0.05) is 18.7 Å². The van der Waals surface area contributed by atoms with Crippen molar-refractivity contribution in [1.82, 2.24) is 5.32 Å². The van der Waals surface area contributed by atoms with Crippen molar-refractivity contribution in [2.24, 2.45) is 11.7 Å². The van der Waals surface area contributed by atoms with Crippen LogP contribution in [0.4, 0.5) is 5.69 Å². The molecule has 21 heavy (non-hydrogen) atoms. The standard InChI is InChI=1S/C15H22ClN3O2/c1-10(2)9-18-15(21)12-6-5-11(8-13(12)16)19-14(20)4-3-7-17/h5-6,8,10H,3-4,7,9,17H2,1-2H3,(H,18,21)(H,19,20). The normalized spacial score (nSPS) is 10.5. The lowest BCUT2D eigenvalue weighted by Crippen LogP contribution is -2.27. The third-order valence-corrected chi connectivity index (χ3v) is 3.09. The summed E-state index contributed by atoms with van der Waals surface area (Å²) in [6, 6.07) is 4.85. The van der Waals surface area contributed by atoms with Gasteiger partial charge in [-0.1, -0.05) is 25.4 Å². The Morgan fingerprint density at radius 1 is 1.33 bits per heavy atom. The highest BCUT2D eigenvalue weighted by Crippen LogP contribution is 2.21. The topological polar surface area (TPSA) is 84.2 Å². The molecule has 0 atom stereocenters. The smallest absolute Gasteiger partial charge is 0.252 e. The molecule has 6 heteroatoms. The van der Waals surface area contributed by atoms with E-state index in [2.05, 4.69) is 10.6 Å². The second kappa shape index (κ2) is 8.64. The molecule has 116 valence electrons. The summed E-state index contributed by atoms with van der Waals surface area (Å²) >= 11 is 6.10. The van der Waals surface area contributed by atoms with Gasteiger partial charge in [0.05, 0.1) is 10.6 Å². The number of hydrogen-bond acceptors (Lipinski definition) is 3. The summed E-state index contributed by atoms with van der Waals surface area (Å²) in [6.07, 6.45) is 1.00. The molecular weight excluding hydrogens is 290 g/mol. The highest BCUT2D eigenvalue weighted by Gasteiger charge is 2.12. The predicted molar refractivity (Wildman–Crippen MR) is 85.5 cm³/mol. The second-order valence-corrected chi connectivity index (χ2v) is 5.65. The highest BCUT2D eigenvalue weighted by atomic mass is 35.5. The number of carbonyl (C=O) groups excluding carboxylic acids is 2. The predicted octanol–water partition coefficient (Wildman–Crippen LogP) is 2.40. The molecule has 0 aliphatic carbocycles. The molecule has 0 saturated carbocycles. The minimum absolute atomic E-state index is 0.117. The number of rotatable bonds is 7. The van der Waals surface area contributed by atoms with Crippen LogP contribution in [0.25, 0.3) is 0 Å². The van der Waals surface area contributed by atoms with Crippen molar-refractivity contribution in [3.05, 3.63) is 28.8 Å². The van der Waals surface area contributed by atoms with E-state index in [1.165, 1.54) is 0 Å². The molecule has 4 N–H and O–H groups in total. The Balaban J connectivity index is 2.67. The van der Waals surface area contributed by atoms with Crippen molar-refractivity contribution in [2.75, 3.05) is 18.4 Å². The lowest BCUT2D eigenvalue weighted by molar-refractivity contribution is -0.116. The molecule has 0 heterocycles. The Labute approximate surface area is 130 Å². The molecule has 0 spiro atoms. The van der Waals surface area contributed by atoms with Crippen LogP contribution in [0.2, 0.25) is 5.02 Å². The first-order valence-corrected chi connectivity index (χ1v) is 7.39. The van der Waals surface area contributed by atoms with E-state index in [-0.39, 0.29) is 11.8 Å². The fraction of sp³-hybridized carbons (Fsp3) is 0.467. The summed E-state index contributed by atoms with van der Waals surface area (Å²) in [5.41, 5.74) is 6.32. The molecular formula is C15H22ClN3O2. The molecule has 0 aliphatic heterocycles. The molecule has 0 saturated heterocycles. The summed E-state index contributed by atoms with van der Waals surface area (Å²) < 4.78 is 0. The molecule has 0 radical (unpaired) electrons. The van der Waals surface area contributed by atoms with Gasteiger partial charge in [-0.05, 0) is 37.1 Å². The first kappa shape index (κ1) is 17.5. The first-order valence-electron chi connectivity index (χ1n) is 7.01. The van der Waals surface area contributed by atoms with Crippen LogP contribution in [0.5, 0.6) is 0 Å². The molecule has 0 aromatic heterocycles. The maximum atomic E-state index is 11.9. The van der Waals surface area contributed by atoms with Crippen LogP contribution in [0.15, 0.2) is 18.2 Å². The van der Waals surface area contributed by atoms with Crippen molar-refractivity contribution >= 4 is 29.1 Å². The van der Waals surface area contributed by atoms with E-state index in [1.54, 1.807) is 18.2 Å². The fourth-order valence-corrected chi connectivity index (χ4v) is 1.92. The Morgan fingerprint density at radius 2 is 2.05 bits per heavy atom. The Bertz CT molecular complexity index is 504. The lowest BCUT2D eigenvalue weighted by atomic mass is 10.1. The Kier molecular flexibility index (Phi) is 7.19. The Morgan fingerprint density at radius 3 is 2.62 bits per heavy atom. The second-order valence-electron chi connectivity index (χ2n) is 5.24. The molecule has 2 amide bonds. The zero-order chi connectivity index (χ0) is 15.8. The number of carbonyl (C=O) groups is 2. The summed E-state index contributed by atoms with van der Waals surface area (Å²) in [5, 5.41) is 5.84. The van der Waals surface area contributed by atoms with E-state index >= 15 is 0 Å². The minimum Gasteiger partial charge on any atom is -0.352 e. The average molecular weight is 312 g/mol. The average Bonchev–Trinajstić information content (AvgIpc) is 2.42. The van der Waals surface area contributed by atoms with Gasteiger partial charge in [-0.2, -0.15) is 0 Å². The van der Waals surface area contributed by atoms with Gasteiger partial charge in [-0.25, -0.2) is 0 Å². The third-order valence-electron chi connectivity index (χ3n) is 2.78. The molecule has 5 nitrogen and oxygen atoms in total. The zero-order valence-electron chi connectivity index (χ0n) is 12.4. The van der Waals surface area contributed by atoms with Gasteiger partial charge in [0.25, 0.3) is 5.91 Å². The van der Waals surface area contributed by atoms with Crippen LogP contribution in [-0.4, -0.2) is 24.9 Å². The molecule has 0 bridgehead atoms. The van der Waals surface area contributed by atoms with Gasteiger partial charge in [-0.3, -0.25) is 9.59 Å². The van der Waals surface area contributed by atoms with E-state index in [0.717, 1.165) is 0 Å². The molecule has 1 aromatic carbocycles. The summed E-state index contributed by atoms with van der Waals surface area (Å²) in [7, 11) is 0. The SMILES string of the molecule is CC(C)CNC(=O)c1ccc(NC(=O)CCCN)cc1Cl. The summed E-state index contributed by atoms with van der Waals surface area (Å²) in [5.74, 6) is 0.0390.